The zero-order valence-electron chi connectivity index (χ0n) is 7.35. The van der Waals surface area contributed by atoms with Crippen LogP contribution in [0, 0.1) is 6.92 Å². The number of thiazole rings is 2. The molecule has 0 aliphatic carbocycles. The van der Waals surface area contributed by atoms with Crippen molar-refractivity contribution in [3.63, 3.8) is 0 Å². The third-order valence-corrected chi connectivity index (χ3v) is 2.97. The molecular weight excluding hydrogens is 218 g/mol. The third-order valence-electron chi connectivity index (χ3n) is 1.50. The van der Waals surface area contributed by atoms with Gasteiger partial charge in [-0.25, -0.2) is 9.97 Å². The van der Waals surface area contributed by atoms with Crippen LogP contribution in [-0.2, 0) is 0 Å². The standard InChI is InChI=1S/C8H7N3OS2/c1-5-10-6(4-14-5)7(12)11-8-9-2-3-13-8/h2-4H,1H3,(H,9,11,12). The van der Waals surface area contributed by atoms with Crippen molar-refractivity contribution in [2.24, 2.45) is 0 Å². The fourth-order valence-corrected chi connectivity index (χ4v) is 2.03. The SMILES string of the molecule is Cc1nc(C(=O)Nc2nccs2)cs1. The van der Waals surface area contributed by atoms with Gasteiger partial charge in [0, 0.05) is 17.0 Å². The monoisotopic (exact) mass is 225 g/mol. The van der Waals surface area contributed by atoms with E-state index < -0.39 is 0 Å². The first-order valence-electron chi connectivity index (χ1n) is 3.88. The van der Waals surface area contributed by atoms with Crippen molar-refractivity contribution in [3.8, 4) is 0 Å². The fraction of sp³-hybridized carbons (Fsp3) is 0.125. The molecule has 6 heteroatoms. The number of carbonyl (C=O) groups excluding carboxylic acids is 1. The first-order chi connectivity index (χ1) is 6.75. The summed E-state index contributed by atoms with van der Waals surface area (Å²) in [5, 5.41) is 7.69. The van der Waals surface area contributed by atoms with E-state index in [2.05, 4.69) is 15.3 Å². The smallest absolute Gasteiger partial charge is 0.276 e. The maximum Gasteiger partial charge on any atom is 0.276 e. The normalized spacial score (nSPS) is 10.1. The Morgan fingerprint density at radius 1 is 1.50 bits per heavy atom. The summed E-state index contributed by atoms with van der Waals surface area (Å²) in [6.07, 6.45) is 1.65. The third kappa shape index (κ3) is 1.97. The Morgan fingerprint density at radius 2 is 2.36 bits per heavy atom. The molecule has 0 saturated carbocycles. The Bertz CT molecular complexity index is 435. The molecule has 0 spiro atoms. The molecule has 1 N–H and O–H groups in total. The van der Waals surface area contributed by atoms with Crippen molar-refractivity contribution in [2.75, 3.05) is 5.32 Å². The van der Waals surface area contributed by atoms with Gasteiger partial charge >= 0.3 is 0 Å². The van der Waals surface area contributed by atoms with E-state index in [-0.39, 0.29) is 5.91 Å². The number of carbonyl (C=O) groups is 1. The Kier molecular flexibility index (Phi) is 2.55. The topological polar surface area (TPSA) is 54.9 Å². The van der Waals surface area contributed by atoms with Crippen LogP contribution in [0.3, 0.4) is 0 Å². The molecule has 0 aliphatic heterocycles. The quantitative estimate of drug-likeness (QED) is 0.852. The van der Waals surface area contributed by atoms with Gasteiger partial charge in [-0.05, 0) is 6.92 Å². The molecule has 2 rings (SSSR count). The molecule has 2 aromatic rings. The van der Waals surface area contributed by atoms with Gasteiger partial charge in [0.15, 0.2) is 5.13 Å². The number of hydrogen-bond donors (Lipinski definition) is 1. The van der Waals surface area contributed by atoms with Gasteiger partial charge in [0.05, 0.1) is 5.01 Å². The molecule has 72 valence electrons. The van der Waals surface area contributed by atoms with Crippen molar-refractivity contribution in [3.05, 3.63) is 27.7 Å². The number of aryl methyl sites for hydroxylation is 1. The van der Waals surface area contributed by atoms with E-state index in [1.165, 1.54) is 22.7 Å². The highest BCUT2D eigenvalue weighted by molar-refractivity contribution is 7.13. The molecule has 0 bridgehead atoms. The molecule has 0 aromatic carbocycles. The van der Waals surface area contributed by atoms with E-state index >= 15 is 0 Å². The average Bonchev–Trinajstić information content (AvgIpc) is 2.75. The minimum absolute atomic E-state index is 0.204. The largest absolute Gasteiger partial charge is 0.296 e. The molecule has 0 radical (unpaired) electrons. The van der Waals surface area contributed by atoms with Gasteiger partial charge in [0.25, 0.3) is 5.91 Å². The Labute approximate surface area is 88.6 Å². The van der Waals surface area contributed by atoms with Gasteiger partial charge in [0.2, 0.25) is 0 Å². The number of nitrogens with one attached hydrogen (secondary N) is 1. The predicted molar refractivity (Wildman–Crippen MR) is 56.9 cm³/mol. The number of hydrogen-bond acceptors (Lipinski definition) is 5. The molecule has 0 atom stereocenters. The van der Waals surface area contributed by atoms with Crippen LogP contribution in [-0.4, -0.2) is 15.9 Å². The summed E-state index contributed by atoms with van der Waals surface area (Å²) in [5.41, 5.74) is 0.447. The zero-order chi connectivity index (χ0) is 9.97. The summed E-state index contributed by atoms with van der Waals surface area (Å²) in [4.78, 5) is 19.6. The van der Waals surface area contributed by atoms with Crippen molar-refractivity contribution in [2.45, 2.75) is 6.92 Å². The summed E-state index contributed by atoms with van der Waals surface area (Å²) in [6.45, 7) is 1.87. The predicted octanol–water partition coefficient (Wildman–Crippen LogP) is 2.16. The summed E-state index contributed by atoms with van der Waals surface area (Å²) < 4.78 is 0. The minimum Gasteiger partial charge on any atom is -0.296 e. The Hall–Kier alpha value is -1.27. The van der Waals surface area contributed by atoms with Crippen LogP contribution >= 0.6 is 22.7 Å². The van der Waals surface area contributed by atoms with E-state index in [0.717, 1.165) is 5.01 Å². The second kappa shape index (κ2) is 3.85. The molecule has 0 fully saturated rings. The number of amides is 1. The van der Waals surface area contributed by atoms with Gasteiger partial charge in [0.1, 0.15) is 5.69 Å². The maximum atomic E-state index is 11.5. The summed E-state index contributed by atoms with van der Waals surface area (Å²) in [6, 6.07) is 0. The number of aromatic nitrogens is 2. The zero-order valence-corrected chi connectivity index (χ0v) is 8.98. The van der Waals surface area contributed by atoms with E-state index in [1.54, 1.807) is 11.6 Å². The van der Waals surface area contributed by atoms with Crippen LogP contribution in [0.4, 0.5) is 5.13 Å². The number of rotatable bonds is 2. The summed E-state index contributed by atoms with van der Waals surface area (Å²) in [5.74, 6) is -0.204. The molecule has 14 heavy (non-hydrogen) atoms. The second-order valence-corrected chi connectivity index (χ2v) is 4.50. The van der Waals surface area contributed by atoms with Crippen molar-refractivity contribution >= 4 is 33.7 Å². The van der Waals surface area contributed by atoms with Crippen LogP contribution in [0.5, 0.6) is 0 Å². The van der Waals surface area contributed by atoms with Crippen LogP contribution in [0.2, 0.25) is 0 Å². The van der Waals surface area contributed by atoms with Crippen LogP contribution in [0.25, 0.3) is 0 Å². The van der Waals surface area contributed by atoms with E-state index in [4.69, 9.17) is 0 Å². The van der Waals surface area contributed by atoms with Crippen molar-refractivity contribution in [1.82, 2.24) is 9.97 Å². The highest BCUT2D eigenvalue weighted by Crippen LogP contribution is 2.13. The lowest BCUT2D eigenvalue weighted by Crippen LogP contribution is -2.11. The number of anilines is 1. The van der Waals surface area contributed by atoms with Crippen molar-refractivity contribution in [1.29, 1.82) is 0 Å². The first kappa shape index (κ1) is 9.29. The lowest BCUT2D eigenvalue weighted by atomic mass is 10.5. The molecule has 0 saturated heterocycles. The van der Waals surface area contributed by atoms with Crippen LogP contribution in [0.15, 0.2) is 17.0 Å². The molecule has 1 amide bonds. The Balaban J connectivity index is 2.10. The molecule has 4 nitrogen and oxygen atoms in total. The van der Waals surface area contributed by atoms with Crippen LogP contribution in [0.1, 0.15) is 15.5 Å². The van der Waals surface area contributed by atoms with Gasteiger partial charge in [-0.2, -0.15) is 0 Å². The van der Waals surface area contributed by atoms with E-state index in [0.29, 0.717) is 10.8 Å². The number of nitrogens with zero attached hydrogens (tertiary/aromatic N) is 2. The minimum atomic E-state index is -0.204. The molecule has 2 aromatic heterocycles. The lowest BCUT2D eigenvalue weighted by molar-refractivity contribution is 0.102. The Morgan fingerprint density at radius 3 is 2.93 bits per heavy atom. The van der Waals surface area contributed by atoms with Crippen LogP contribution < -0.4 is 5.32 Å². The fourth-order valence-electron chi connectivity index (χ4n) is 0.914. The molecule has 0 aliphatic rings. The van der Waals surface area contributed by atoms with E-state index in [9.17, 15) is 4.79 Å². The van der Waals surface area contributed by atoms with Gasteiger partial charge in [-0.3, -0.25) is 10.1 Å². The van der Waals surface area contributed by atoms with Gasteiger partial charge < -0.3 is 0 Å². The van der Waals surface area contributed by atoms with Crippen molar-refractivity contribution < 1.29 is 4.79 Å². The molecular formula is C8H7N3OS2. The average molecular weight is 225 g/mol. The summed E-state index contributed by atoms with van der Waals surface area (Å²) in [7, 11) is 0. The first-order valence-corrected chi connectivity index (χ1v) is 5.64. The maximum absolute atomic E-state index is 11.5. The summed E-state index contributed by atoms with van der Waals surface area (Å²) >= 11 is 2.84. The van der Waals surface area contributed by atoms with Gasteiger partial charge in [-0.15, -0.1) is 22.7 Å². The lowest BCUT2D eigenvalue weighted by Gasteiger charge is -1.96. The second-order valence-electron chi connectivity index (χ2n) is 2.54. The van der Waals surface area contributed by atoms with Gasteiger partial charge in [-0.1, -0.05) is 0 Å². The highest BCUT2D eigenvalue weighted by Gasteiger charge is 2.10. The molecule has 0 unspecified atom stereocenters. The highest BCUT2D eigenvalue weighted by atomic mass is 32.1. The van der Waals surface area contributed by atoms with E-state index in [1.807, 2.05) is 12.3 Å². The molecule has 2 heterocycles.